The zero-order chi connectivity index (χ0) is 16.6. The van der Waals surface area contributed by atoms with Crippen molar-refractivity contribution in [1.29, 1.82) is 0 Å². The summed E-state index contributed by atoms with van der Waals surface area (Å²) in [7, 11) is 0. The Balaban J connectivity index is 2.99. The quantitative estimate of drug-likeness (QED) is 0.603. The Morgan fingerprint density at radius 3 is 2.55 bits per heavy atom. The molecule has 122 valence electrons. The smallest absolute Gasteiger partial charge is 0.310 e. The van der Waals surface area contributed by atoms with E-state index in [1.807, 2.05) is 38.1 Å². The van der Waals surface area contributed by atoms with Gasteiger partial charge in [0.25, 0.3) is 0 Å². The lowest BCUT2D eigenvalue weighted by atomic mass is 10.0. The van der Waals surface area contributed by atoms with E-state index < -0.39 is 5.60 Å². The summed E-state index contributed by atoms with van der Waals surface area (Å²) in [5, 5.41) is 0. The van der Waals surface area contributed by atoms with Gasteiger partial charge < -0.3 is 9.47 Å². The van der Waals surface area contributed by atoms with E-state index in [0.717, 1.165) is 28.6 Å². The molecular formula is C18H25BrO3. The molecule has 0 heterocycles. The summed E-state index contributed by atoms with van der Waals surface area (Å²) in [6.07, 6.45) is 4.07. The molecule has 0 aliphatic rings. The number of benzene rings is 1. The first-order valence-electron chi connectivity index (χ1n) is 7.73. The van der Waals surface area contributed by atoms with Gasteiger partial charge in [0.2, 0.25) is 0 Å². The Morgan fingerprint density at radius 2 is 1.95 bits per heavy atom. The maximum Gasteiger partial charge on any atom is 0.310 e. The number of halogens is 1. The third kappa shape index (κ3) is 5.84. The summed E-state index contributed by atoms with van der Waals surface area (Å²) < 4.78 is 12.4. The highest BCUT2D eigenvalue weighted by atomic mass is 79.9. The van der Waals surface area contributed by atoms with Crippen LogP contribution in [0.25, 0.3) is 0 Å². The first kappa shape index (κ1) is 18.8. The minimum Gasteiger partial charge on any atom is -0.483 e. The Labute approximate surface area is 141 Å². The van der Waals surface area contributed by atoms with E-state index >= 15 is 0 Å². The molecule has 3 nitrogen and oxygen atoms in total. The summed E-state index contributed by atoms with van der Waals surface area (Å²) >= 11 is 3.55. The summed E-state index contributed by atoms with van der Waals surface area (Å²) in [5.74, 6) is 0.495. The Hall–Kier alpha value is -1.29. The lowest BCUT2D eigenvalue weighted by molar-refractivity contribution is -0.142. The van der Waals surface area contributed by atoms with Crippen molar-refractivity contribution in [3.8, 4) is 5.75 Å². The molecule has 0 aromatic heterocycles. The second kappa shape index (κ2) is 8.99. The summed E-state index contributed by atoms with van der Waals surface area (Å²) in [4.78, 5) is 11.7. The molecule has 0 N–H and O–H groups in total. The number of para-hydroxylation sites is 1. The van der Waals surface area contributed by atoms with Crippen LogP contribution >= 0.6 is 15.9 Å². The van der Waals surface area contributed by atoms with Gasteiger partial charge in [-0.1, -0.05) is 48.0 Å². The first-order valence-corrected chi connectivity index (χ1v) is 8.53. The van der Waals surface area contributed by atoms with Gasteiger partial charge in [0, 0.05) is 5.56 Å². The average molecular weight is 369 g/mol. The Morgan fingerprint density at radius 1 is 1.27 bits per heavy atom. The van der Waals surface area contributed by atoms with E-state index in [1.54, 1.807) is 0 Å². The van der Waals surface area contributed by atoms with Crippen LogP contribution in [-0.4, -0.2) is 18.2 Å². The van der Waals surface area contributed by atoms with Gasteiger partial charge in [-0.2, -0.15) is 0 Å². The van der Waals surface area contributed by atoms with Crippen molar-refractivity contribution in [3.63, 3.8) is 0 Å². The molecule has 1 unspecified atom stereocenters. The molecular weight excluding hydrogens is 344 g/mol. The van der Waals surface area contributed by atoms with E-state index in [4.69, 9.17) is 9.47 Å². The molecule has 1 rings (SSSR count). The van der Waals surface area contributed by atoms with Crippen molar-refractivity contribution >= 4 is 21.9 Å². The van der Waals surface area contributed by atoms with Crippen LogP contribution in [-0.2, 0) is 16.0 Å². The van der Waals surface area contributed by atoms with Crippen molar-refractivity contribution in [2.24, 2.45) is 0 Å². The fourth-order valence-corrected chi connectivity index (χ4v) is 2.49. The van der Waals surface area contributed by atoms with E-state index in [2.05, 4.69) is 35.9 Å². The maximum absolute atomic E-state index is 11.7. The monoisotopic (exact) mass is 368 g/mol. The Bertz CT molecular complexity index is 525. The number of carbonyl (C=O) groups is 1. The summed E-state index contributed by atoms with van der Waals surface area (Å²) in [6.45, 7) is 8.42. The summed E-state index contributed by atoms with van der Waals surface area (Å²) in [5.41, 5.74) is 0.432. The molecule has 1 atom stereocenters. The minimum absolute atomic E-state index is 0.225. The molecule has 1 aromatic rings. The van der Waals surface area contributed by atoms with Crippen LogP contribution < -0.4 is 4.74 Å². The normalized spacial score (nSPS) is 14.3. The van der Waals surface area contributed by atoms with Crippen LogP contribution in [0, 0.1) is 0 Å². The standard InChI is InChI=1S/C18H25BrO3/c1-5-15(19)13-18(4,6-2)22-16-11-9-8-10-14(16)12-17(20)21-7-3/h8-11,13H,5-7,12H2,1-4H3/b15-13+. The van der Waals surface area contributed by atoms with Gasteiger partial charge >= 0.3 is 5.97 Å². The summed E-state index contributed by atoms with van der Waals surface area (Å²) in [6, 6.07) is 7.62. The van der Waals surface area contributed by atoms with Crippen LogP contribution in [0.1, 0.15) is 46.1 Å². The molecule has 0 amide bonds. The SMILES string of the molecule is CCOC(=O)Cc1ccccc1OC(C)(/C=C(/Br)CC)CC. The van der Waals surface area contributed by atoms with Crippen molar-refractivity contribution in [3.05, 3.63) is 40.4 Å². The van der Waals surface area contributed by atoms with E-state index in [-0.39, 0.29) is 12.4 Å². The molecule has 4 heteroatoms. The molecule has 0 fully saturated rings. The van der Waals surface area contributed by atoms with Crippen molar-refractivity contribution in [2.45, 2.75) is 52.6 Å². The number of ether oxygens (including phenoxy) is 2. The minimum atomic E-state index is -0.417. The van der Waals surface area contributed by atoms with Gasteiger partial charge in [0.15, 0.2) is 0 Å². The number of rotatable bonds is 8. The highest BCUT2D eigenvalue weighted by Gasteiger charge is 2.23. The third-order valence-electron chi connectivity index (χ3n) is 3.46. The second-order valence-electron chi connectivity index (χ2n) is 5.30. The van der Waals surface area contributed by atoms with Crippen LogP contribution in [0.4, 0.5) is 0 Å². The number of esters is 1. The fourth-order valence-electron chi connectivity index (χ4n) is 2.01. The highest BCUT2D eigenvalue weighted by molar-refractivity contribution is 9.11. The average Bonchev–Trinajstić information content (AvgIpc) is 2.49. The van der Waals surface area contributed by atoms with Gasteiger partial charge in [-0.3, -0.25) is 4.79 Å². The van der Waals surface area contributed by atoms with Crippen LogP contribution in [0.15, 0.2) is 34.8 Å². The number of allylic oxidation sites excluding steroid dienone is 1. The molecule has 0 saturated heterocycles. The van der Waals surface area contributed by atoms with E-state index in [9.17, 15) is 4.79 Å². The van der Waals surface area contributed by atoms with Gasteiger partial charge in [-0.15, -0.1) is 0 Å². The van der Waals surface area contributed by atoms with Gasteiger partial charge in [0.05, 0.1) is 13.0 Å². The lowest BCUT2D eigenvalue weighted by Crippen LogP contribution is -2.29. The highest BCUT2D eigenvalue weighted by Crippen LogP contribution is 2.29. The van der Waals surface area contributed by atoms with E-state index in [1.165, 1.54) is 0 Å². The molecule has 0 aliphatic carbocycles. The van der Waals surface area contributed by atoms with Crippen LogP contribution in [0.2, 0.25) is 0 Å². The number of hydrogen-bond acceptors (Lipinski definition) is 3. The molecule has 0 radical (unpaired) electrons. The third-order valence-corrected chi connectivity index (χ3v) is 4.25. The predicted molar refractivity (Wildman–Crippen MR) is 93.4 cm³/mol. The van der Waals surface area contributed by atoms with Crippen molar-refractivity contribution < 1.29 is 14.3 Å². The predicted octanol–water partition coefficient (Wildman–Crippen LogP) is 5.03. The molecule has 22 heavy (non-hydrogen) atoms. The van der Waals surface area contributed by atoms with Gasteiger partial charge in [0.1, 0.15) is 11.4 Å². The fraction of sp³-hybridized carbons (Fsp3) is 0.500. The van der Waals surface area contributed by atoms with E-state index in [0.29, 0.717) is 6.61 Å². The second-order valence-corrected chi connectivity index (χ2v) is 6.32. The van der Waals surface area contributed by atoms with Crippen molar-refractivity contribution in [2.75, 3.05) is 6.61 Å². The lowest BCUT2D eigenvalue weighted by Gasteiger charge is -2.28. The number of carbonyl (C=O) groups excluding carboxylic acids is 1. The molecule has 0 spiro atoms. The van der Waals surface area contributed by atoms with Gasteiger partial charge in [-0.05, 0) is 43.3 Å². The van der Waals surface area contributed by atoms with Crippen molar-refractivity contribution in [1.82, 2.24) is 0 Å². The zero-order valence-electron chi connectivity index (χ0n) is 13.8. The molecule has 0 aliphatic heterocycles. The maximum atomic E-state index is 11.7. The Kier molecular flexibility index (Phi) is 7.66. The molecule has 1 aromatic carbocycles. The molecule has 0 saturated carbocycles. The first-order chi connectivity index (χ1) is 10.4. The zero-order valence-corrected chi connectivity index (χ0v) is 15.4. The van der Waals surface area contributed by atoms with Crippen LogP contribution in [0.5, 0.6) is 5.75 Å². The van der Waals surface area contributed by atoms with Gasteiger partial charge in [-0.25, -0.2) is 0 Å². The largest absolute Gasteiger partial charge is 0.483 e. The topological polar surface area (TPSA) is 35.5 Å². The van der Waals surface area contributed by atoms with Crippen LogP contribution in [0.3, 0.4) is 0 Å². The molecule has 0 bridgehead atoms. The number of hydrogen-bond donors (Lipinski definition) is 0.